The van der Waals surface area contributed by atoms with Crippen LogP contribution in [0.1, 0.15) is 5.69 Å². The molecule has 0 aliphatic carbocycles. The van der Waals surface area contributed by atoms with Gasteiger partial charge in [-0.15, -0.1) is 28.2 Å². The summed E-state index contributed by atoms with van der Waals surface area (Å²) in [6.45, 7) is 3.14. The highest BCUT2D eigenvalue weighted by molar-refractivity contribution is 8.01. The first-order valence-electron chi connectivity index (χ1n) is 10.7. The lowest BCUT2D eigenvalue weighted by atomic mass is 10.0. The van der Waals surface area contributed by atoms with Crippen molar-refractivity contribution in [3.63, 3.8) is 0 Å². The molecule has 0 aromatic carbocycles. The lowest BCUT2D eigenvalue weighted by Crippen LogP contribution is -2.71. The second-order valence-electron chi connectivity index (χ2n) is 7.65. The Kier molecular flexibility index (Phi) is 8.47. The fourth-order valence-electron chi connectivity index (χ4n) is 3.43. The number of thioether (sulfide) groups is 2. The van der Waals surface area contributed by atoms with Gasteiger partial charge in [-0.25, -0.2) is 19.3 Å². The maximum Gasteiger partial charge on any atom is 0.374 e. The van der Waals surface area contributed by atoms with Crippen LogP contribution in [0.4, 0.5) is 5.13 Å². The minimum absolute atomic E-state index is 0.0258. The van der Waals surface area contributed by atoms with Crippen LogP contribution in [0.5, 0.6) is 0 Å². The molecule has 17 nitrogen and oxygen atoms in total. The molecular weight excluding hydrogens is 578 g/mol. The van der Waals surface area contributed by atoms with E-state index < -0.39 is 46.6 Å². The molecule has 6 N–H and O–H groups in total. The molecule has 2 atom stereocenters. The zero-order chi connectivity index (χ0) is 28.3. The molecule has 39 heavy (non-hydrogen) atoms. The van der Waals surface area contributed by atoms with Gasteiger partial charge in [0.05, 0.1) is 13.2 Å². The van der Waals surface area contributed by atoms with Gasteiger partial charge < -0.3 is 31.2 Å². The maximum atomic E-state index is 13.0. The van der Waals surface area contributed by atoms with Gasteiger partial charge in [0.25, 0.3) is 11.8 Å². The summed E-state index contributed by atoms with van der Waals surface area (Å²) < 4.78 is 1.37. The van der Waals surface area contributed by atoms with Crippen molar-refractivity contribution < 1.29 is 39.3 Å². The predicted octanol–water partition coefficient (Wildman–Crippen LogP) is -1.45. The average Bonchev–Trinajstić information content (AvgIpc) is 3.53. The van der Waals surface area contributed by atoms with Gasteiger partial charge in [-0.3, -0.25) is 14.5 Å². The molecule has 0 spiro atoms. The molecule has 2 aliphatic rings. The number of hydrogen-bond acceptors (Lipinski definition) is 15. The van der Waals surface area contributed by atoms with Crippen LogP contribution < -0.4 is 11.1 Å². The third-order valence-electron chi connectivity index (χ3n) is 5.19. The number of anilines is 1. The van der Waals surface area contributed by atoms with Crippen LogP contribution in [0, 0.1) is 0 Å². The lowest BCUT2D eigenvalue weighted by Gasteiger charge is -2.49. The van der Waals surface area contributed by atoms with E-state index in [-0.39, 0.29) is 41.2 Å². The molecule has 2 aromatic rings. The Labute approximate surface area is 230 Å². The number of nitrogen functional groups attached to an aromatic ring is 1. The number of fused-ring (bicyclic) bond motifs is 1. The van der Waals surface area contributed by atoms with Gasteiger partial charge in [-0.05, 0) is 22.6 Å². The molecule has 0 bridgehead atoms. The Balaban J connectivity index is 1.50. The zero-order valence-electron chi connectivity index (χ0n) is 19.6. The van der Waals surface area contributed by atoms with Crippen LogP contribution in [-0.2, 0) is 30.6 Å². The van der Waals surface area contributed by atoms with Gasteiger partial charge >= 0.3 is 11.9 Å². The summed E-state index contributed by atoms with van der Waals surface area (Å²) in [4.78, 5) is 58.9. The first kappa shape index (κ1) is 28.0. The number of tetrazole rings is 1. The molecule has 1 fully saturated rings. The highest BCUT2D eigenvalue weighted by Crippen LogP contribution is 2.41. The SMILES string of the molecule is C=C(O/N=C(/C(=O)N[C@@H]1C(=O)N2C(C(=O)O)=C(CSc3nnnn3CCO)CS[C@H]12)c1csc(N)n1)C(=O)O. The number of aliphatic hydroxyl groups excluding tert-OH is 1. The number of aromatic nitrogens is 5. The molecule has 2 amide bonds. The van der Waals surface area contributed by atoms with Gasteiger partial charge in [0.1, 0.15) is 22.8 Å². The minimum Gasteiger partial charge on any atom is -0.477 e. The van der Waals surface area contributed by atoms with Gasteiger partial charge in [-0.1, -0.05) is 16.9 Å². The third kappa shape index (κ3) is 5.87. The highest BCUT2D eigenvalue weighted by atomic mass is 32.2. The van der Waals surface area contributed by atoms with Crippen molar-refractivity contribution in [1.82, 2.24) is 35.4 Å². The Hall–Kier alpha value is -4.01. The van der Waals surface area contributed by atoms with E-state index >= 15 is 0 Å². The van der Waals surface area contributed by atoms with Crippen molar-refractivity contribution in [2.75, 3.05) is 23.8 Å². The summed E-state index contributed by atoms with van der Waals surface area (Å²) >= 11 is 3.39. The largest absolute Gasteiger partial charge is 0.477 e. The van der Waals surface area contributed by atoms with E-state index in [0.717, 1.165) is 28.0 Å². The maximum absolute atomic E-state index is 13.0. The Morgan fingerprint density at radius 2 is 2.13 bits per heavy atom. The number of carboxylic acids is 2. The number of nitrogens with zero attached hydrogens (tertiary/aromatic N) is 7. The Morgan fingerprint density at radius 3 is 2.77 bits per heavy atom. The molecule has 4 heterocycles. The molecule has 0 radical (unpaired) electrons. The zero-order valence-corrected chi connectivity index (χ0v) is 22.0. The predicted molar refractivity (Wildman–Crippen MR) is 136 cm³/mol. The molecule has 2 aromatic heterocycles. The monoisotopic (exact) mass is 597 g/mol. The molecule has 20 heteroatoms. The molecule has 206 valence electrons. The van der Waals surface area contributed by atoms with E-state index in [2.05, 4.69) is 37.6 Å². The second kappa shape index (κ2) is 11.8. The number of nitrogens with two attached hydrogens (primary N) is 1. The quantitative estimate of drug-likeness (QED) is 0.0469. The van der Waals surface area contributed by atoms with Crippen molar-refractivity contribution in [2.45, 2.75) is 23.1 Å². The van der Waals surface area contributed by atoms with Gasteiger partial charge in [-0.2, -0.15) is 0 Å². The number of hydrogen-bond donors (Lipinski definition) is 5. The number of nitrogens with one attached hydrogen (secondary N) is 1. The number of oxime groups is 1. The molecular formula is C19H19N9O8S3. The fraction of sp³-hybridized carbons (Fsp3) is 0.316. The van der Waals surface area contributed by atoms with Crippen LogP contribution in [0.2, 0.25) is 0 Å². The number of β-lactam (4-membered cyclic amide) rings is 1. The minimum atomic E-state index is -1.51. The average molecular weight is 598 g/mol. The van der Waals surface area contributed by atoms with E-state index in [4.69, 9.17) is 20.8 Å². The summed E-state index contributed by atoms with van der Waals surface area (Å²) in [5.41, 5.74) is 5.39. The van der Waals surface area contributed by atoms with E-state index in [0.29, 0.717) is 10.7 Å². The third-order valence-corrected chi connectivity index (χ3v) is 8.24. The molecule has 2 aliphatic heterocycles. The van der Waals surface area contributed by atoms with Crippen molar-refractivity contribution in [1.29, 1.82) is 0 Å². The Bertz CT molecular complexity index is 1400. The lowest BCUT2D eigenvalue weighted by molar-refractivity contribution is -0.150. The van der Waals surface area contributed by atoms with E-state index in [1.807, 2.05) is 0 Å². The first-order chi connectivity index (χ1) is 18.6. The first-order valence-corrected chi connectivity index (χ1v) is 13.6. The van der Waals surface area contributed by atoms with E-state index in [1.54, 1.807) is 0 Å². The summed E-state index contributed by atoms with van der Waals surface area (Å²) in [7, 11) is 0. The van der Waals surface area contributed by atoms with Crippen molar-refractivity contribution in [3.8, 4) is 0 Å². The van der Waals surface area contributed by atoms with Crippen LogP contribution in [0.25, 0.3) is 0 Å². The van der Waals surface area contributed by atoms with Gasteiger partial charge in [0, 0.05) is 16.9 Å². The standard InChI is InChI=1S/C19H19N9O8S3/c1-7(16(32)33)36-24-10(9-6-38-18(20)21-9)13(30)22-11-14(31)28-12(17(34)35)8(4-37-15(11)28)5-39-19-23-25-26-27(19)2-3-29/h6,11,15,29H,1-5H2,(H2,20,21)(H,22,30)(H,32,33)(H,34,35)/b24-10+/t11-,15-/m1/s1. The van der Waals surface area contributed by atoms with Gasteiger partial charge in [0.2, 0.25) is 10.9 Å². The Morgan fingerprint density at radius 1 is 1.36 bits per heavy atom. The van der Waals surface area contributed by atoms with E-state index in [9.17, 15) is 24.3 Å². The number of amides is 2. The number of aliphatic hydroxyl groups is 1. The molecule has 0 saturated carbocycles. The van der Waals surface area contributed by atoms with Gasteiger partial charge in [0.15, 0.2) is 10.8 Å². The van der Waals surface area contributed by atoms with E-state index in [1.165, 1.54) is 21.8 Å². The number of carbonyl (C=O) groups is 4. The summed E-state index contributed by atoms with van der Waals surface area (Å²) in [6, 6.07) is -1.10. The topological polar surface area (TPSA) is 248 Å². The summed E-state index contributed by atoms with van der Waals surface area (Å²) in [5.74, 6) is -4.77. The normalized spacial score (nSPS) is 18.8. The van der Waals surface area contributed by atoms with Crippen LogP contribution >= 0.6 is 34.9 Å². The highest BCUT2D eigenvalue weighted by Gasteiger charge is 2.54. The number of rotatable bonds is 12. The van der Waals surface area contributed by atoms with Crippen LogP contribution in [0.3, 0.4) is 0 Å². The number of carbonyl (C=O) groups excluding carboxylic acids is 2. The summed E-state index contributed by atoms with van der Waals surface area (Å²) in [6.07, 6.45) is 0. The molecule has 4 rings (SSSR count). The smallest absolute Gasteiger partial charge is 0.374 e. The number of thiazole rings is 1. The second-order valence-corrected chi connectivity index (χ2v) is 10.6. The van der Waals surface area contributed by atoms with Crippen molar-refractivity contribution in [2.24, 2.45) is 5.16 Å². The number of carboxylic acid groups (broad SMARTS) is 2. The van der Waals surface area contributed by atoms with Crippen LogP contribution in [-0.4, -0.2) is 104 Å². The van der Waals surface area contributed by atoms with Crippen molar-refractivity contribution in [3.05, 3.63) is 34.7 Å². The molecule has 1 saturated heterocycles. The fourth-order valence-corrected chi connectivity index (χ4v) is 6.37. The van der Waals surface area contributed by atoms with Crippen molar-refractivity contribution >= 4 is 69.5 Å². The van der Waals surface area contributed by atoms with Crippen LogP contribution in [0.15, 0.2) is 39.3 Å². The summed E-state index contributed by atoms with van der Waals surface area (Å²) in [5, 5.41) is 46.2. The number of aliphatic carboxylic acids is 2. The molecule has 0 unspecified atom stereocenters.